The number of hydrogen-bond acceptors (Lipinski definition) is 5. The van der Waals surface area contributed by atoms with Gasteiger partial charge in [0.1, 0.15) is 11.5 Å². The molecule has 2 atom stereocenters. The Morgan fingerprint density at radius 2 is 2.00 bits per heavy atom. The number of nitrogens with zero attached hydrogens (tertiary/aromatic N) is 1. The average Bonchev–Trinajstić information content (AvgIpc) is 2.70. The minimum Gasteiger partial charge on any atom is -0.496 e. The van der Waals surface area contributed by atoms with Crippen molar-refractivity contribution in [3.8, 4) is 11.5 Å². The molecule has 1 N–H and O–H groups in total. The molecule has 2 aromatic carbocycles. The van der Waals surface area contributed by atoms with Crippen LogP contribution in [0.2, 0.25) is 0 Å². The molecule has 1 amide bonds. The fraction of sp³-hybridized carbons (Fsp3) is 0.409. The highest BCUT2D eigenvalue weighted by atomic mass is 32.2. The number of fused-ring (bicyclic) bond motifs is 1. The van der Waals surface area contributed by atoms with Crippen LogP contribution in [0.15, 0.2) is 36.4 Å². The van der Waals surface area contributed by atoms with Gasteiger partial charge in [-0.1, -0.05) is 25.1 Å². The lowest BCUT2D eigenvalue weighted by Crippen LogP contribution is -2.51. The first-order valence-corrected chi connectivity index (χ1v) is 11.7. The van der Waals surface area contributed by atoms with E-state index in [1.807, 2.05) is 45.0 Å². The molecule has 0 bridgehead atoms. The summed E-state index contributed by atoms with van der Waals surface area (Å²) in [5.74, 6) is 0.812. The minimum absolute atomic E-state index is 0.0702. The molecule has 1 heterocycles. The highest BCUT2D eigenvalue weighted by molar-refractivity contribution is 7.92. The van der Waals surface area contributed by atoms with E-state index in [4.69, 9.17) is 9.47 Å². The van der Waals surface area contributed by atoms with Crippen LogP contribution < -0.4 is 19.1 Å². The predicted octanol–water partition coefficient (Wildman–Crippen LogP) is 3.11. The van der Waals surface area contributed by atoms with Gasteiger partial charge in [0.15, 0.2) is 6.10 Å². The molecule has 3 rings (SSSR count). The zero-order chi connectivity index (χ0) is 22.1. The first-order chi connectivity index (χ1) is 14.1. The smallest absolute Gasteiger partial charge is 0.263 e. The van der Waals surface area contributed by atoms with E-state index >= 15 is 0 Å². The van der Waals surface area contributed by atoms with Gasteiger partial charge in [-0.3, -0.25) is 9.10 Å². The van der Waals surface area contributed by atoms with Crippen LogP contribution in [0.3, 0.4) is 0 Å². The van der Waals surface area contributed by atoms with Crippen LogP contribution >= 0.6 is 0 Å². The molecule has 0 aromatic heterocycles. The lowest BCUT2D eigenvalue weighted by molar-refractivity contribution is -0.128. The summed E-state index contributed by atoms with van der Waals surface area (Å²) in [6, 6.07) is 10.8. The third-order valence-electron chi connectivity index (χ3n) is 5.22. The van der Waals surface area contributed by atoms with Crippen LogP contribution in [-0.2, 0) is 14.8 Å². The summed E-state index contributed by atoms with van der Waals surface area (Å²) in [4.78, 5) is 13.0. The Labute approximate surface area is 178 Å². The number of methoxy groups -OCH3 is 1. The number of hydrogen-bond donors (Lipinski definition) is 1. The Morgan fingerprint density at radius 3 is 2.60 bits per heavy atom. The van der Waals surface area contributed by atoms with Gasteiger partial charge in [-0.05, 0) is 55.2 Å². The van der Waals surface area contributed by atoms with Gasteiger partial charge >= 0.3 is 0 Å². The number of amides is 1. The molecule has 2 aromatic rings. The van der Waals surface area contributed by atoms with Crippen molar-refractivity contribution in [1.82, 2.24) is 5.32 Å². The molecular formula is C22H28N2O5S. The zero-order valence-electron chi connectivity index (χ0n) is 17.9. The first-order valence-electron chi connectivity index (χ1n) is 9.84. The lowest BCUT2D eigenvalue weighted by Gasteiger charge is -2.34. The molecule has 1 aliphatic rings. The minimum atomic E-state index is -3.56. The van der Waals surface area contributed by atoms with E-state index in [9.17, 15) is 13.2 Å². The summed E-state index contributed by atoms with van der Waals surface area (Å²) in [5.41, 5.74) is 3.30. The fourth-order valence-corrected chi connectivity index (χ4v) is 4.52. The van der Waals surface area contributed by atoms with Crippen molar-refractivity contribution in [3.63, 3.8) is 0 Å². The Balaban J connectivity index is 1.84. The molecule has 0 radical (unpaired) electrons. The number of rotatable bonds is 6. The summed E-state index contributed by atoms with van der Waals surface area (Å²) in [5, 5.41) is 3.01. The van der Waals surface area contributed by atoms with Crippen molar-refractivity contribution in [2.45, 2.75) is 39.3 Å². The van der Waals surface area contributed by atoms with Gasteiger partial charge < -0.3 is 14.8 Å². The highest BCUT2D eigenvalue weighted by Crippen LogP contribution is 2.36. The zero-order valence-corrected chi connectivity index (χ0v) is 18.7. The summed E-state index contributed by atoms with van der Waals surface area (Å²) in [6.45, 7) is 5.73. The molecule has 8 heteroatoms. The van der Waals surface area contributed by atoms with Gasteiger partial charge in [0.2, 0.25) is 10.0 Å². The number of benzene rings is 2. The highest BCUT2D eigenvalue weighted by Gasteiger charge is 2.35. The van der Waals surface area contributed by atoms with Gasteiger partial charge in [-0.2, -0.15) is 0 Å². The summed E-state index contributed by atoms with van der Waals surface area (Å²) in [7, 11) is -1.94. The van der Waals surface area contributed by atoms with Gasteiger partial charge in [0.05, 0.1) is 31.6 Å². The molecule has 162 valence electrons. The maximum absolute atomic E-state index is 13.0. The molecule has 30 heavy (non-hydrogen) atoms. The van der Waals surface area contributed by atoms with Crippen LogP contribution in [0.5, 0.6) is 11.5 Å². The number of carbonyl (C=O) groups excluding carboxylic acids is 1. The molecule has 1 aliphatic heterocycles. The number of carbonyl (C=O) groups is 1. The van der Waals surface area contributed by atoms with E-state index in [2.05, 4.69) is 5.32 Å². The van der Waals surface area contributed by atoms with E-state index < -0.39 is 16.1 Å². The molecule has 0 fully saturated rings. The van der Waals surface area contributed by atoms with Crippen LogP contribution in [0.25, 0.3) is 0 Å². The van der Waals surface area contributed by atoms with E-state index in [0.29, 0.717) is 17.9 Å². The van der Waals surface area contributed by atoms with Crippen LogP contribution in [0.1, 0.15) is 36.1 Å². The largest absolute Gasteiger partial charge is 0.496 e. The fourth-order valence-electron chi connectivity index (χ4n) is 3.62. The molecule has 0 aliphatic carbocycles. The topological polar surface area (TPSA) is 84.9 Å². The van der Waals surface area contributed by atoms with Crippen LogP contribution in [0, 0.1) is 13.8 Å². The Bertz CT molecular complexity index is 1050. The van der Waals surface area contributed by atoms with E-state index in [1.54, 1.807) is 19.2 Å². The number of ether oxygens (including phenoxy) is 2. The molecule has 0 unspecified atom stereocenters. The Hall–Kier alpha value is -2.74. The maximum Gasteiger partial charge on any atom is 0.263 e. The maximum atomic E-state index is 13.0. The van der Waals surface area contributed by atoms with Crippen molar-refractivity contribution in [2.75, 3.05) is 24.2 Å². The summed E-state index contributed by atoms with van der Waals surface area (Å²) >= 11 is 0. The second-order valence-electron chi connectivity index (χ2n) is 7.57. The Morgan fingerprint density at radius 1 is 1.27 bits per heavy atom. The van der Waals surface area contributed by atoms with Crippen molar-refractivity contribution in [2.24, 2.45) is 0 Å². The standard InChI is InChI=1S/C22H28N2O5S/c1-6-17(16-8-10-19(28-4)15(3)12-16)23-22(25)21-13-24(30(5,26)27)18-11-14(2)7-9-20(18)29-21/h7-12,17,21H,6,13H2,1-5H3,(H,23,25)/t17-,21-/m0/s1. The second kappa shape index (κ2) is 8.55. The third kappa shape index (κ3) is 4.53. The molecular weight excluding hydrogens is 404 g/mol. The SMILES string of the molecule is CC[C@H](NC(=O)[C@@H]1CN(S(C)(=O)=O)c2cc(C)ccc2O1)c1ccc(OC)c(C)c1. The second-order valence-corrected chi connectivity index (χ2v) is 9.48. The van der Waals surface area contributed by atoms with E-state index in [0.717, 1.165) is 28.7 Å². The molecule has 0 saturated carbocycles. The number of anilines is 1. The lowest BCUT2D eigenvalue weighted by atomic mass is 10.0. The third-order valence-corrected chi connectivity index (χ3v) is 6.37. The molecule has 0 spiro atoms. The number of aryl methyl sites for hydroxylation is 2. The van der Waals surface area contributed by atoms with E-state index in [-0.39, 0.29) is 18.5 Å². The normalized spacial score (nSPS) is 17.0. The van der Waals surface area contributed by atoms with Gasteiger partial charge in [0.25, 0.3) is 5.91 Å². The van der Waals surface area contributed by atoms with Crippen LogP contribution in [-0.4, -0.2) is 40.3 Å². The number of sulfonamides is 1. The van der Waals surface area contributed by atoms with Gasteiger partial charge in [0, 0.05) is 0 Å². The van der Waals surface area contributed by atoms with Crippen LogP contribution in [0.4, 0.5) is 5.69 Å². The molecule has 7 nitrogen and oxygen atoms in total. The van der Waals surface area contributed by atoms with E-state index in [1.165, 1.54) is 4.31 Å². The summed E-state index contributed by atoms with van der Waals surface area (Å²) < 4.78 is 37.1. The first kappa shape index (κ1) is 22.0. The number of nitrogens with one attached hydrogen (secondary N) is 1. The van der Waals surface area contributed by atoms with Crippen molar-refractivity contribution in [3.05, 3.63) is 53.1 Å². The molecule has 0 saturated heterocycles. The monoisotopic (exact) mass is 432 g/mol. The van der Waals surface area contributed by atoms with Gasteiger partial charge in [-0.25, -0.2) is 8.42 Å². The van der Waals surface area contributed by atoms with Crippen molar-refractivity contribution in [1.29, 1.82) is 0 Å². The average molecular weight is 433 g/mol. The Kier molecular flexibility index (Phi) is 6.26. The predicted molar refractivity (Wildman–Crippen MR) is 117 cm³/mol. The van der Waals surface area contributed by atoms with Gasteiger partial charge in [-0.15, -0.1) is 0 Å². The quantitative estimate of drug-likeness (QED) is 0.758. The van der Waals surface area contributed by atoms with Crippen molar-refractivity contribution < 1.29 is 22.7 Å². The summed E-state index contributed by atoms with van der Waals surface area (Å²) in [6.07, 6.45) is 0.868. The van der Waals surface area contributed by atoms with Crippen molar-refractivity contribution >= 4 is 21.6 Å².